The number of hydrogen-bond acceptors (Lipinski definition) is 4. The van der Waals surface area contributed by atoms with Gasteiger partial charge in [0.2, 0.25) is 0 Å². The lowest BCUT2D eigenvalue weighted by atomic mass is 9.87. The van der Waals surface area contributed by atoms with E-state index in [-0.39, 0.29) is 18.6 Å². The summed E-state index contributed by atoms with van der Waals surface area (Å²) in [7, 11) is -4.29. The molecule has 3 N–H and O–H groups in total. The Morgan fingerprint density at radius 1 is 1.25 bits per heavy atom. The summed E-state index contributed by atoms with van der Waals surface area (Å²) in [6.07, 6.45) is -1.04. The smallest absolute Gasteiger partial charge is 0.333 e. The third kappa shape index (κ3) is 6.33. The summed E-state index contributed by atoms with van der Waals surface area (Å²) in [5.41, 5.74) is 1.22. The van der Waals surface area contributed by atoms with E-state index in [1.54, 1.807) is 16.9 Å². The molecule has 1 aromatic carbocycles. The second-order valence-electron chi connectivity index (χ2n) is 5.56. The van der Waals surface area contributed by atoms with Gasteiger partial charge in [-0.25, -0.2) is 0 Å². The molecule has 0 saturated heterocycles. The fraction of sp³-hybridized carbons (Fsp3) is 0.538. The van der Waals surface area contributed by atoms with Crippen LogP contribution in [0.4, 0.5) is 0 Å². The van der Waals surface area contributed by atoms with Crippen LogP contribution in [0.15, 0.2) is 24.3 Å². The molecular formula is C13H21NO5S. The predicted octanol–water partition coefficient (Wildman–Crippen LogP) is 1.12. The molecule has 0 spiro atoms. The van der Waals surface area contributed by atoms with Crippen LogP contribution >= 0.6 is 0 Å². The van der Waals surface area contributed by atoms with E-state index in [9.17, 15) is 13.5 Å². The highest BCUT2D eigenvalue weighted by Crippen LogP contribution is 2.24. The van der Waals surface area contributed by atoms with Gasteiger partial charge in [-0.2, -0.15) is 13.1 Å². The first kappa shape index (κ1) is 16.9. The van der Waals surface area contributed by atoms with Gasteiger partial charge in [0.1, 0.15) is 18.5 Å². The number of rotatable bonds is 6. The zero-order chi connectivity index (χ0) is 15.4. The minimum absolute atomic E-state index is 0.0530. The summed E-state index contributed by atoms with van der Waals surface area (Å²) in [5.74, 6) is 0.587. The fourth-order valence-electron chi connectivity index (χ4n) is 1.50. The first-order chi connectivity index (χ1) is 9.08. The van der Waals surface area contributed by atoms with Crippen molar-refractivity contribution in [3.63, 3.8) is 0 Å². The van der Waals surface area contributed by atoms with Crippen LogP contribution in [0.2, 0.25) is 0 Å². The molecule has 0 aliphatic carbocycles. The maximum atomic E-state index is 10.4. The average Bonchev–Trinajstić information content (AvgIpc) is 2.32. The minimum atomic E-state index is -4.29. The van der Waals surface area contributed by atoms with Crippen LogP contribution in [0.25, 0.3) is 0 Å². The molecule has 0 aromatic heterocycles. The second kappa shape index (κ2) is 6.53. The number of aliphatic hydroxyl groups is 1. The molecule has 0 bridgehead atoms. The molecule has 1 aromatic rings. The Hall–Kier alpha value is -1.15. The van der Waals surface area contributed by atoms with Crippen molar-refractivity contribution in [2.75, 3.05) is 13.2 Å². The van der Waals surface area contributed by atoms with Gasteiger partial charge in [0.15, 0.2) is 0 Å². The lowest BCUT2D eigenvalue weighted by Gasteiger charge is -2.19. The third-order valence-electron chi connectivity index (χ3n) is 2.66. The molecule has 6 nitrogen and oxygen atoms in total. The monoisotopic (exact) mass is 303 g/mol. The van der Waals surface area contributed by atoms with Gasteiger partial charge in [0.25, 0.3) is 0 Å². The van der Waals surface area contributed by atoms with Crippen LogP contribution in [-0.2, 0) is 15.7 Å². The summed E-state index contributed by atoms with van der Waals surface area (Å²) >= 11 is 0. The summed E-state index contributed by atoms with van der Waals surface area (Å²) in [6, 6.07) is 7.48. The van der Waals surface area contributed by atoms with Crippen LogP contribution in [0.3, 0.4) is 0 Å². The van der Waals surface area contributed by atoms with Crippen LogP contribution < -0.4 is 9.46 Å². The molecule has 1 rings (SSSR count). The van der Waals surface area contributed by atoms with Crippen molar-refractivity contribution in [1.82, 2.24) is 4.72 Å². The number of hydrogen-bond donors (Lipinski definition) is 3. The summed E-state index contributed by atoms with van der Waals surface area (Å²) in [6.45, 7) is 5.94. The Balaban J connectivity index is 2.46. The van der Waals surface area contributed by atoms with Crippen LogP contribution in [-0.4, -0.2) is 37.3 Å². The maximum absolute atomic E-state index is 10.4. The van der Waals surface area contributed by atoms with Crippen molar-refractivity contribution in [1.29, 1.82) is 0 Å². The van der Waals surface area contributed by atoms with Crippen molar-refractivity contribution in [2.24, 2.45) is 0 Å². The lowest BCUT2D eigenvalue weighted by molar-refractivity contribution is 0.110. The van der Waals surface area contributed by atoms with Gasteiger partial charge in [0, 0.05) is 6.54 Å². The van der Waals surface area contributed by atoms with Crippen molar-refractivity contribution in [3.05, 3.63) is 29.8 Å². The molecule has 0 saturated carbocycles. The van der Waals surface area contributed by atoms with E-state index >= 15 is 0 Å². The highest BCUT2D eigenvalue weighted by Gasteiger charge is 2.13. The van der Waals surface area contributed by atoms with Crippen LogP contribution in [0.5, 0.6) is 5.75 Å². The molecule has 114 valence electrons. The number of ether oxygens (including phenoxy) is 1. The molecule has 0 amide bonds. The Kier molecular flexibility index (Phi) is 5.52. The average molecular weight is 303 g/mol. The zero-order valence-corrected chi connectivity index (χ0v) is 12.6. The number of aliphatic hydroxyl groups excluding tert-OH is 1. The molecule has 0 aliphatic rings. The number of nitrogens with one attached hydrogen (secondary N) is 1. The zero-order valence-electron chi connectivity index (χ0n) is 11.8. The van der Waals surface area contributed by atoms with Crippen molar-refractivity contribution in [2.45, 2.75) is 32.3 Å². The van der Waals surface area contributed by atoms with Crippen molar-refractivity contribution >= 4 is 10.3 Å². The Labute approximate surface area is 119 Å². The van der Waals surface area contributed by atoms with Gasteiger partial charge >= 0.3 is 10.3 Å². The summed E-state index contributed by atoms with van der Waals surface area (Å²) < 4.78 is 36.5. The summed E-state index contributed by atoms with van der Waals surface area (Å²) in [5, 5.41) is 9.49. The molecule has 7 heteroatoms. The van der Waals surface area contributed by atoms with E-state index in [2.05, 4.69) is 20.8 Å². The molecule has 0 aliphatic heterocycles. The Morgan fingerprint density at radius 2 is 1.80 bits per heavy atom. The molecule has 0 heterocycles. The van der Waals surface area contributed by atoms with E-state index in [1.807, 2.05) is 12.1 Å². The largest absolute Gasteiger partial charge is 0.491 e. The van der Waals surface area contributed by atoms with Crippen LogP contribution in [0, 0.1) is 0 Å². The van der Waals surface area contributed by atoms with E-state index in [4.69, 9.17) is 9.29 Å². The second-order valence-corrected chi connectivity index (χ2v) is 6.80. The van der Waals surface area contributed by atoms with Crippen molar-refractivity contribution in [3.8, 4) is 5.75 Å². The van der Waals surface area contributed by atoms with E-state index in [0.717, 1.165) is 0 Å². The van der Waals surface area contributed by atoms with Crippen molar-refractivity contribution < 1.29 is 22.8 Å². The SMILES string of the molecule is CC(C)(C)c1ccc(OC[C@H](O)CNS(=O)(=O)O)cc1. The lowest BCUT2D eigenvalue weighted by Crippen LogP contribution is -2.34. The molecule has 1 atom stereocenters. The molecule has 0 fully saturated rings. The van der Waals surface area contributed by atoms with E-state index < -0.39 is 16.4 Å². The third-order valence-corrected chi connectivity index (χ3v) is 3.20. The molecule has 0 radical (unpaired) electrons. The van der Waals surface area contributed by atoms with Gasteiger partial charge in [-0.3, -0.25) is 4.55 Å². The van der Waals surface area contributed by atoms with Gasteiger partial charge < -0.3 is 9.84 Å². The predicted molar refractivity (Wildman–Crippen MR) is 76.2 cm³/mol. The minimum Gasteiger partial charge on any atom is -0.491 e. The molecular weight excluding hydrogens is 282 g/mol. The van der Waals surface area contributed by atoms with Crippen LogP contribution in [0.1, 0.15) is 26.3 Å². The maximum Gasteiger partial charge on any atom is 0.333 e. The fourth-order valence-corrected chi connectivity index (χ4v) is 1.91. The quantitative estimate of drug-likeness (QED) is 0.684. The highest BCUT2D eigenvalue weighted by molar-refractivity contribution is 7.83. The molecule has 20 heavy (non-hydrogen) atoms. The first-order valence-electron chi connectivity index (χ1n) is 6.21. The standard InChI is InChI=1S/C13H21NO5S/c1-13(2,3)10-4-6-12(7-5-10)19-9-11(15)8-14-20(16,17)18/h4-7,11,14-15H,8-9H2,1-3H3,(H,16,17,18)/t11-/m1/s1. The Morgan fingerprint density at radius 3 is 2.25 bits per heavy atom. The Bertz CT molecular complexity index is 519. The normalized spacial score (nSPS) is 14.1. The van der Waals surface area contributed by atoms with Gasteiger partial charge in [-0.1, -0.05) is 32.9 Å². The number of benzene rings is 1. The van der Waals surface area contributed by atoms with Gasteiger partial charge in [-0.15, -0.1) is 0 Å². The first-order valence-corrected chi connectivity index (χ1v) is 7.65. The van der Waals surface area contributed by atoms with Gasteiger partial charge in [0.05, 0.1) is 0 Å². The topological polar surface area (TPSA) is 95.9 Å². The molecule has 0 unspecified atom stereocenters. The van der Waals surface area contributed by atoms with E-state index in [0.29, 0.717) is 5.75 Å². The highest BCUT2D eigenvalue weighted by atomic mass is 32.2. The van der Waals surface area contributed by atoms with Gasteiger partial charge in [-0.05, 0) is 23.1 Å². The summed E-state index contributed by atoms with van der Waals surface area (Å²) in [4.78, 5) is 0. The van der Waals surface area contributed by atoms with E-state index in [1.165, 1.54) is 5.56 Å².